The van der Waals surface area contributed by atoms with Gasteiger partial charge in [-0.3, -0.25) is 4.79 Å². The summed E-state index contributed by atoms with van der Waals surface area (Å²) in [5.41, 5.74) is -0.249. The van der Waals surface area contributed by atoms with Gasteiger partial charge in [0.05, 0.1) is 5.41 Å². The maximum absolute atomic E-state index is 14.0. The van der Waals surface area contributed by atoms with Gasteiger partial charge in [-0.05, 0) is 43.6 Å². The molecule has 0 radical (unpaired) electrons. The van der Waals surface area contributed by atoms with E-state index in [2.05, 4.69) is 19.2 Å². The summed E-state index contributed by atoms with van der Waals surface area (Å²) in [6, 6.07) is 6.55. The SMILES string of the molecule is CCC(CC)(CCO)CNC(=O)C1(c2ccccc2F)CC1. The molecular formula is C18H26FNO2. The van der Waals surface area contributed by atoms with E-state index in [1.54, 1.807) is 18.2 Å². The summed E-state index contributed by atoms with van der Waals surface area (Å²) >= 11 is 0. The average molecular weight is 307 g/mol. The van der Waals surface area contributed by atoms with E-state index in [4.69, 9.17) is 0 Å². The molecule has 3 nitrogen and oxygen atoms in total. The summed E-state index contributed by atoms with van der Waals surface area (Å²) < 4.78 is 14.0. The Hall–Kier alpha value is -1.42. The van der Waals surface area contributed by atoms with Crippen molar-refractivity contribution < 1.29 is 14.3 Å². The molecule has 4 heteroatoms. The minimum atomic E-state index is -0.683. The fourth-order valence-corrected chi connectivity index (χ4v) is 3.21. The van der Waals surface area contributed by atoms with Gasteiger partial charge < -0.3 is 10.4 Å². The van der Waals surface area contributed by atoms with Gasteiger partial charge in [0.15, 0.2) is 0 Å². The van der Waals surface area contributed by atoms with Crippen molar-refractivity contribution in [3.63, 3.8) is 0 Å². The van der Waals surface area contributed by atoms with Crippen LogP contribution >= 0.6 is 0 Å². The molecule has 0 heterocycles. The van der Waals surface area contributed by atoms with Gasteiger partial charge in [-0.15, -0.1) is 0 Å². The van der Waals surface area contributed by atoms with Crippen LogP contribution in [-0.4, -0.2) is 24.2 Å². The van der Waals surface area contributed by atoms with E-state index >= 15 is 0 Å². The highest BCUT2D eigenvalue weighted by Crippen LogP contribution is 2.49. The van der Waals surface area contributed by atoms with Crippen molar-refractivity contribution in [2.75, 3.05) is 13.2 Å². The van der Waals surface area contributed by atoms with Crippen LogP contribution in [0, 0.1) is 11.2 Å². The number of halogens is 1. The van der Waals surface area contributed by atoms with Crippen molar-refractivity contribution in [2.45, 2.75) is 51.4 Å². The summed E-state index contributed by atoms with van der Waals surface area (Å²) in [5.74, 6) is -0.385. The highest BCUT2D eigenvalue weighted by molar-refractivity contribution is 5.91. The molecule has 1 aliphatic carbocycles. The Labute approximate surface area is 131 Å². The zero-order valence-electron chi connectivity index (χ0n) is 13.5. The van der Waals surface area contributed by atoms with E-state index in [0.29, 0.717) is 31.4 Å². The standard InChI is InChI=1S/C18H26FNO2/c1-3-17(4-2,11-12-21)13-20-16(22)18(9-10-18)14-7-5-6-8-15(14)19/h5-8,21H,3-4,9-13H2,1-2H3,(H,20,22). The summed E-state index contributed by atoms with van der Waals surface area (Å²) in [6.07, 6.45) is 3.87. The molecule has 2 rings (SSSR count). The Bertz CT molecular complexity index is 522. The first-order chi connectivity index (χ1) is 10.5. The van der Waals surface area contributed by atoms with Crippen LogP contribution in [0.2, 0.25) is 0 Å². The number of nitrogens with one attached hydrogen (secondary N) is 1. The van der Waals surface area contributed by atoms with Gasteiger partial charge in [-0.25, -0.2) is 4.39 Å². The van der Waals surface area contributed by atoms with Crippen LogP contribution in [-0.2, 0) is 10.2 Å². The molecule has 0 spiro atoms. The smallest absolute Gasteiger partial charge is 0.230 e. The Morgan fingerprint density at radius 1 is 1.32 bits per heavy atom. The first kappa shape index (κ1) is 16.9. The predicted octanol–water partition coefficient (Wildman–Crippen LogP) is 3.16. The van der Waals surface area contributed by atoms with Crippen molar-refractivity contribution in [1.82, 2.24) is 5.32 Å². The molecule has 1 aromatic rings. The number of aliphatic hydroxyl groups is 1. The molecule has 22 heavy (non-hydrogen) atoms. The lowest BCUT2D eigenvalue weighted by Gasteiger charge is -2.32. The molecule has 0 bridgehead atoms. The first-order valence-electron chi connectivity index (χ1n) is 8.18. The van der Waals surface area contributed by atoms with E-state index in [0.717, 1.165) is 12.8 Å². The molecule has 0 atom stereocenters. The fraction of sp³-hybridized carbons (Fsp3) is 0.611. The summed E-state index contributed by atoms with van der Waals surface area (Å²) in [5, 5.41) is 12.3. The number of hydrogen-bond donors (Lipinski definition) is 2. The third kappa shape index (κ3) is 3.17. The highest BCUT2D eigenvalue weighted by atomic mass is 19.1. The molecule has 2 N–H and O–H groups in total. The monoisotopic (exact) mass is 307 g/mol. The van der Waals surface area contributed by atoms with Gasteiger partial charge in [-0.2, -0.15) is 0 Å². The predicted molar refractivity (Wildman–Crippen MR) is 85.0 cm³/mol. The summed E-state index contributed by atoms with van der Waals surface area (Å²) in [4.78, 5) is 12.6. The van der Waals surface area contributed by atoms with E-state index in [1.165, 1.54) is 6.07 Å². The van der Waals surface area contributed by atoms with Crippen LogP contribution < -0.4 is 5.32 Å². The molecule has 1 aromatic carbocycles. The molecule has 0 unspecified atom stereocenters. The van der Waals surface area contributed by atoms with Crippen molar-refractivity contribution in [2.24, 2.45) is 5.41 Å². The third-order valence-electron chi connectivity index (χ3n) is 5.34. The topological polar surface area (TPSA) is 49.3 Å². The van der Waals surface area contributed by atoms with E-state index in [9.17, 15) is 14.3 Å². The Morgan fingerprint density at radius 3 is 2.45 bits per heavy atom. The van der Waals surface area contributed by atoms with Crippen LogP contribution in [0.15, 0.2) is 24.3 Å². The second-order valence-corrected chi connectivity index (χ2v) is 6.43. The van der Waals surface area contributed by atoms with Crippen LogP contribution in [0.5, 0.6) is 0 Å². The van der Waals surface area contributed by atoms with Gasteiger partial charge in [0, 0.05) is 18.7 Å². The molecule has 0 aromatic heterocycles. The van der Waals surface area contributed by atoms with Crippen molar-refractivity contribution in [1.29, 1.82) is 0 Å². The van der Waals surface area contributed by atoms with Gasteiger partial charge in [0.25, 0.3) is 0 Å². The quantitative estimate of drug-likeness (QED) is 0.775. The van der Waals surface area contributed by atoms with Crippen molar-refractivity contribution in [3.05, 3.63) is 35.6 Å². The fourth-order valence-electron chi connectivity index (χ4n) is 3.21. The lowest BCUT2D eigenvalue weighted by atomic mass is 9.79. The lowest BCUT2D eigenvalue weighted by Crippen LogP contribution is -2.42. The maximum Gasteiger partial charge on any atom is 0.230 e. The number of benzene rings is 1. The number of hydrogen-bond acceptors (Lipinski definition) is 2. The molecule has 1 amide bonds. The van der Waals surface area contributed by atoms with E-state index < -0.39 is 5.41 Å². The summed E-state index contributed by atoms with van der Waals surface area (Å²) in [6.45, 7) is 4.82. The van der Waals surface area contributed by atoms with Gasteiger partial charge in [0.1, 0.15) is 5.82 Å². The van der Waals surface area contributed by atoms with Gasteiger partial charge in [-0.1, -0.05) is 32.0 Å². The number of amides is 1. The molecule has 1 fully saturated rings. The number of carbonyl (C=O) groups excluding carboxylic acids is 1. The zero-order valence-corrected chi connectivity index (χ0v) is 13.5. The van der Waals surface area contributed by atoms with Crippen LogP contribution in [0.1, 0.15) is 51.5 Å². The first-order valence-corrected chi connectivity index (χ1v) is 8.18. The normalized spacial score (nSPS) is 16.4. The van der Waals surface area contributed by atoms with Crippen LogP contribution in [0.25, 0.3) is 0 Å². The molecule has 0 saturated heterocycles. The molecule has 0 aliphatic heterocycles. The van der Waals surface area contributed by atoms with Crippen molar-refractivity contribution in [3.8, 4) is 0 Å². The number of aliphatic hydroxyl groups excluding tert-OH is 1. The van der Waals surface area contributed by atoms with Crippen molar-refractivity contribution >= 4 is 5.91 Å². The minimum Gasteiger partial charge on any atom is -0.396 e. The summed E-state index contributed by atoms with van der Waals surface area (Å²) in [7, 11) is 0. The lowest BCUT2D eigenvalue weighted by molar-refractivity contribution is -0.124. The number of rotatable bonds is 8. The average Bonchev–Trinajstić information content (AvgIpc) is 3.33. The molecule has 1 saturated carbocycles. The Balaban J connectivity index is 2.08. The second-order valence-electron chi connectivity index (χ2n) is 6.43. The minimum absolute atomic E-state index is 0.0737. The maximum atomic E-state index is 14.0. The number of carbonyl (C=O) groups is 1. The largest absolute Gasteiger partial charge is 0.396 e. The highest BCUT2D eigenvalue weighted by Gasteiger charge is 2.52. The van der Waals surface area contributed by atoms with Crippen LogP contribution in [0.4, 0.5) is 4.39 Å². The van der Waals surface area contributed by atoms with Gasteiger partial charge in [0.2, 0.25) is 5.91 Å². The second kappa shape index (κ2) is 6.78. The van der Waals surface area contributed by atoms with E-state index in [1.807, 2.05) is 0 Å². The molecule has 1 aliphatic rings. The Morgan fingerprint density at radius 2 is 1.95 bits per heavy atom. The van der Waals surface area contributed by atoms with E-state index in [-0.39, 0.29) is 23.7 Å². The molecule has 122 valence electrons. The van der Waals surface area contributed by atoms with Gasteiger partial charge >= 0.3 is 0 Å². The Kier molecular flexibility index (Phi) is 5.22. The van der Waals surface area contributed by atoms with Crippen LogP contribution in [0.3, 0.4) is 0 Å². The zero-order chi connectivity index (χ0) is 16.2. The molecular weight excluding hydrogens is 281 g/mol. The third-order valence-corrected chi connectivity index (χ3v) is 5.34.